The lowest BCUT2D eigenvalue weighted by Gasteiger charge is -1.99. The van der Waals surface area contributed by atoms with E-state index in [2.05, 4.69) is 32.9 Å². The van der Waals surface area contributed by atoms with E-state index in [1.807, 2.05) is 0 Å². The zero-order chi connectivity index (χ0) is 10.8. The molecule has 0 unspecified atom stereocenters. The predicted octanol–water partition coefficient (Wildman–Crippen LogP) is 3.84. The van der Waals surface area contributed by atoms with E-state index >= 15 is 0 Å². The SMILES string of the molecule is CC(C)=CCCC(C)=CCCCCO. The van der Waals surface area contributed by atoms with E-state index in [-0.39, 0.29) is 0 Å². The van der Waals surface area contributed by atoms with Gasteiger partial charge in [0.15, 0.2) is 0 Å². The largest absolute Gasteiger partial charge is 0.396 e. The fraction of sp³-hybridized carbons (Fsp3) is 0.692. The van der Waals surface area contributed by atoms with Crippen molar-refractivity contribution in [2.75, 3.05) is 6.61 Å². The monoisotopic (exact) mass is 196 g/mol. The molecule has 0 spiro atoms. The zero-order valence-electron chi connectivity index (χ0n) is 9.84. The number of hydrogen-bond acceptors (Lipinski definition) is 1. The van der Waals surface area contributed by atoms with Crippen LogP contribution in [0, 0.1) is 0 Å². The van der Waals surface area contributed by atoms with Crippen LogP contribution >= 0.6 is 0 Å². The average molecular weight is 196 g/mol. The number of rotatable bonds is 7. The van der Waals surface area contributed by atoms with E-state index in [1.54, 1.807) is 0 Å². The molecule has 0 aliphatic heterocycles. The molecule has 0 bridgehead atoms. The van der Waals surface area contributed by atoms with Gasteiger partial charge in [0.05, 0.1) is 0 Å². The van der Waals surface area contributed by atoms with Crippen molar-refractivity contribution in [2.24, 2.45) is 0 Å². The molecule has 82 valence electrons. The fourth-order valence-corrected chi connectivity index (χ4v) is 1.30. The molecule has 1 heteroatoms. The molecule has 1 nitrogen and oxygen atoms in total. The van der Waals surface area contributed by atoms with Gasteiger partial charge >= 0.3 is 0 Å². The summed E-state index contributed by atoms with van der Waals surface area (Å²) in [5.74, 6) is 0. The van der Waals surface area contributed by atoms with Crippen molar-refractivity contribution in [3.05, 3.63) is 23.3 Å². The van der Waals surface area contributed by atoms with Crippen LogP contribution in [-0.4, -0.2) is 11.7 Å². The van der Waals surface area contributed by atoms with Gasteiger partial charge in [-0.2, -0.15) is 0 Å². The molecule has 14 heavy (non-hydrogen) atoms. The Labute approximate surface area is 88.5 Å². The van der Waals surface area contributed by atoms with Crippen molar-refractivity contribution in [3.8, 4) is 0 Å². The van der Waals surface area contributed by atoms with Crippen LogP contribution in [0.5, 0.6) is 0 Å². The van der Waals surface area contributed by atoms with Crippen LogP contribution in [0.25, 0.3) is 0 Å². The maximum absolute atomic E-state index is 8.61. The summed E-state index contributed by atoms with van der Waals surface area (Å²) in [5, 5.41) is 8.61. The first-order valence-electron chi connectivity index (χ1n) is 5.56. The molecule has 0 aliphatic carbocycles. The molecule has 0 fully saturated rings. The van der Waals surface area contributed by atoms with Crippen LogP contribution < -0.4 is 0 Å². The lowest BCUT2D eigenvalue weighted by atomic mass is 10.1. The van der Waals surface area contributed by atoms with E-state index in [1.165, 1.54) is 17.6 Å². The van der Waals surface area contributed by atoms with Crippen molar-refractivity contribution < 1.29 is 5.11 Å². The Morgan fingerprint density at radius 1 is 1.00 bits per heavy atom. The smallest absolute Gasteiger partial charge is 0.0431 e. The van der Waals surface area contributed by atoms with Crippen molar-refractivity contribution in [3.63, 3.8) is 0 Å². The lowest BCUT2D eigenvalue weighted by Crippen LogP contribution is -1.82. The van der Waals surface area contributed by atoms with E-state index in [0.29, 0.717) is 6.61 Å². The van der Waals surface area contributed by atoms with Gasteiger partial charge in [0.2, 0.25) is 0 Å². The summed E-state index contributed by atoms with van der Waals surface area (Å²) in [6.45, 7) is 6.79. The molecule has 0 saturated carbocycles. The van der Waals surface area contributed by atoms with Gasteiger partial charge in [-0.3, -0.25) is 0 Å². The molecular formula is C13H24O. The lowest BCUT2D eigenvalue weighted by molar-refractivity contribution is 0.285. The van der Waals surface area contributed by atoms with Crippen LogP contribution in [0.1, 0.15) is 52.9 Å². The van der Waals surface area contributed by atoms with E-state index in [0.717, 1.165) is 25.7 Å². The Morgan fingerprint density at radius 2 is 1.71 bits per heavy atom. The van der Waals surface area contributed by atoms with Gasteiger partial charge in [-0.25, -0.2) is 0 Å². The predicted molar refractivity (Wildman–Crippen MR) is 63.4 cm³/mol. The maximum Gasteiger partial charge on any atom is 0.0431 e. The fourth-order valence-electron chi connectivity index (χ4n) is 1.30. The Hall–Kier alpha value is -0.560. The minimum absolute atomic E-state index is 0.324. The molecule has 0 amide bonds. The average Bonchev–Trinajstić information content (AvgIpc) is 2.12. The number of unbranched alkanes of at least 4 members (excludes halogenated alkanes) is 2. The zero-order valence-corrected chi connectivity index (χ0v) is 9.84. The normalized spacial score (nSPS) is 11.6. The molecule has 0 aromatic carbocycles. The summed E-state index contributed by atoms with van der Waals surface area (Å²) in [5.41, 5.74) is 2.87. The third-order valence-electron chi connectivity index (χ3n) is 2.20. The minimum Gasteiger partial charge on any atom is -0.396 e. The molecule has 0 rings (SSSR count). The van der Waals surface area contributed by atoms with Crippen molar-refractivity contribution in [1.82, 2.24) is 0 Å². The quantitative estimate of drug-likeness (QED) is 0.484. The maximum atomic E-state index is 8.61. The Bertz CT molecular complexity index is 185. The van der Waals surface area contributed by atoms with Gasteiger partial charge in [0, 0.05) is 6.61 Å². The van der Waals surface area contributed by atoms with Crippen LogP contribution in [0.2, 0.25) is 0 Å². The molecular weight excluding hydrogens is 172 g/mol. The van der Waals surface area contributed by atoms with Crippen molar-refractivity contribution in [2.45, 2.75) is 52.9 Å². The number of allylic oxidation sites excluding steroid dienone is 4. The van der Waals surface area contributed by atoms with Crippen LogP contribution in [0.4, 0.5) is 0 Å². The van der Waals surface area contributed by atoms with E-state index in [4.69, 9.17) is 5.11 Å². The highest BCUT2D eigenvalue weighted by Crippen LogP contribution is 2.08. The summed E-state index contributed by atoms with van der Waals surface area (Å²) in [6, 6.07) is 0. The molecule has 0 saturated heterocycles. The Balaban J connectivity index is 3.52. The minimum atomic E-state index is 0.324. The Morgan fingerprint density at radius 3 is 2.29 bits per heavy atom. The van der Waals surface area contributed by atoms with Gasteiger partial charge in [-0.15, -0.1) is 0 Å². The van der Waals surface area contributed by atoms with Crippen LogP contribution in [-0.2, 0) is 0 Å². The third-order valence-corrected chi connectivity index (χ3v) is 2.20. The molecule has 0 aromatic rings. The second-order valence-electron chi connectivity index (χ2n) is 4.09. The summed E-state index contributed by atoms with van der Waals surface area (Å²) in [6.07, 6.45) is 10.1. The van der Waals surface area contributed by atoms with Gasteiger partial charge < -0.3 is 5.11 Å². The summed E-state index contributed by atoms with van der Waals surface area (Å²) >= 11 is 0. The highest BCUT2D eigenvalue weighted by molar-refractivity contribution is 5.01. The van der Waals surface area contributed by atoms with E-state index in [9.17, 15) is 0 Å². The van der Waals surface area contributed by atoms with Gasteiger partial charge in [0.25, 0.3) is 0 Å². The summed E-state index contributed by atoms with van der Waals surface area (Å²) < 4.78 is 0. The van der Waals surface area contributed by atoms with Crippen molar-refractivity contribution in [1.29, 1.82) is 0 Å². The first-order chi connectivity index (χ1) is 6.66. The van der Waals surface area contributed by atoms with Gasteiger partial charge in [0.1, 0.15) is 0 Å². The molecule has 0 radical (unpaired) electrons. The molecule has 0 aliphatic rings. The summed E-state index contributed by atoms with van der Waals surface area (Å²) in [7, 11) is 0. The number of aliphatic hydroxyl groups excluding tert-OH is 1. The van der Waals surface area contributed by atoms with E-state index < -0.39 is 0 Å². The molecule has 0 aromatic heterocycles. The highest BCUT2D eigenvalue weighted by Gasteiger charge is 1.89. The number of hydrogen-bond donors (Lipinski definition) is 1. The van der Waals surface area contributed by atoms with Crippen LogP contribution in [0.3, 0.4) is 0 Å². The van der Waals surface area contributed by atoms with Gasteiger partial charge in [-0.05, 0) is 52.9 Å². The molecule has 0 heterocycles. The Kier molecular flexibility index (Phi) is 8.65. The van der Waals surface area contributed by atoms with Gasteiger partial charge in [-0.1, -0.05) is 23.3 Å². The summed E-state index contributed by atoms with van der Waals surface area (Å²) in [4.78, 5) is 0. The molecule has 1 N–H and O–H groups in total. The second kappa shape index (κ2) is 9.01. The second-order valence-corrected chi connectivity index (χ2v) is 4.09. The first-order valence-corrected chi connectivity index (χ1v) is 5.56. The highest BCUT2D eigenvalue weighted by atomic mass is 16.2. The third kappa shape index (κ3) is 9.53. The van der Waals surface area contributed by atoms with Crippen LogP contribution in [0.15, 0.2) is 23.3 Å². The number of aliphatic hydroxyl groups is 1. The topological polar surface area (TPSA) is 20.2 Å². The first kappa shape index (κ1) is 13.4. The standard InChI is InChI=1S/C13H24O/c1-12(2)8-7-10-13(3)9-5-4-6-11-14/h8-9,14H,4-7,10-11H2,1-3H3. The van der Waals surface area contributed by atoms with Crippen molar-refractivity contribution >= 4 is 0 Å². The molecule has 0 atom stereocenters.